The Morgan fingerprint density at radius 3 is 2.68 bits per heavy atom. The van der Waals surface area contributed by atoms with E-state index in [1.807, 2.05) is 30.6 Å². The van der Waals surface area contributed by atoms with Gasteiger partial charge < -0.3 is 5.11 Å². The maximum Gasteiger partial charge on any atom is 0.156 e. The minimum atomic E-state index is -0.216. The van der Waals surface area contributed by atoms with E-state index in [0.29, 0.717) is 24.2 Å². The van der Waals surface area contributed by atoms with E-state index in [9.17, 15) is 9.90 Å². The van der Waals surface area contributed by atoms with E-state index in [1.165, 1.54) is 22.3 Å². The van der Waals surface area contributed by atoms with Crippen molar-refractivity contribution in [1.29, 1.82) is 0 Å². The fourth-order valence-electron chi connectivity index (χ4n) is 7.48. The van der Waals surface area contributed by atoms with E-state index in [4.69, 9.17) is 0 Å². The summed E-state index contributed by atoms with van der Waals surface area (Å²) in [4.78, 5) is 16.3. The Labute approximate surface area is 202 Å². The largest absolute Gasteiger partial charge is 0.393 e. The van der Waals surface area contributed by atoms with Crippen LogP contribution in [0.2, 0.25) is 0 Å². The Bertz CT molecular complexity index is 1210. The Morgan fingerprint density at radius 2 is 1.82 bits per heavy atom. The van der Waals surface area contributed by atoms with E-state index in [2.05, 4.69) is 48.3 Å². The van der Waals surface area contributed by atoms with Crippen molar-refractivity contribution in [2.45, 2.75) is 63.9 Å². The SMILES string of the molecule is CC12CC(c3cccc(/C=C/c4ccncc4)c3)C3=C4CCC(=O)C=C4CCC3C1CCC2O. The fourth-order valence-corrected chi connectivity index (χ4v) is 7.48. The molecule has 0 bridgehead atoms. The third-order valence-corrected chi connectivity index (χ3v) is 9.17. The maximum absolute atomic E-state index is 12.2. The second kappa shape index (κ2) is 8.46. The molecule has 0 amide bonds. The van der Waals surface area contributed by atoms with Crippen LogP contribution in [0.1, 0.15) is 74.5 Å². The van der Waals surface area contributed by atoms with Crippen molar-refractivity contribution in [1.82, 2.24) is 4.98 Å². The van der Waals surface area contributed by atoms with E-state index >= 15 is 0 Å². The molecule has 3 heteroatoms. The van der Waals surface area contributed by atoms with Gasteiger partial charge in [-0.25, -0.2) is 0 Å². The third-order valence-electron chi connectivity index (χ3n) is 9.17. The topological polar surface area (TPSA) is 50.2 Å². The number of allylic oxidation sites excluding steroid dienone is 4. The molecule has 1 heterocycles. The lowest BCUT2D eigenvalue weighted by Gasteiger charge is -2.52. The number of fused-ring (bicyclic) bond motifs is 4. The summed E-state index contributed by atoms with van der Waals surface area (Å²) in [7, 11) is 0. The molecule has 3 nitrogen and oxygen atoms in total. The van der Waals surface area contributed by atoms with Gasteiger partial charge in [-0.3, -0.25) is 9.78 Å². The van der Waals surface area contributed by atoms with Crippen molar-refractivity contribution in [2.24, 2.45) is 17.3 Å². The number of aliphatic hydroxyl groups excluding tert-OH is 1. The van der Waals surface area contributed by atoms with Crippen molar-refractivity contribution in [2.75, 3.05) is 0 Å². The van der Waals surface area contributed by atoms with Gasteiger partial charge in [-0.2, -0.15) is 0 Å². The molecule has 0 saturated heterocycles. The number of ketones is 1. The summed E-state index contributed by atoms with van der Waals surface area (Å²) in [5.41, 5.74) is 8.01. The molecule has 1 aromatic heterocycles. The molecule has 2 fully saturated rings. The summed E-state index contributed by atoms with van der Waals surface area (Å²) in [6, 6.07) is 13.0. The zero-order valence-electron chi connectivity index (χ0n) is 19.9. The molecule has 4 aliphatic rings. The first-order valence-corrected chi connectivity index (χ1v) is 12.9. The predicted octanol–water partition coefficient (Wildman–Crippen LogP) is 6.51. The highest BCUT2D eigenvalue weighted by Gasteiger charge is 2.56. The van der Waals surface area contributed by atoms with Crippen LogP contribution in [0.5, 0.6) is 0 Å². The van der Waals surface area contributed by atoms with E-state index in [-0.39, 0.29) is 17.3 Å². The molecule has 0 aliphatic heterocycles. The van der Waals surface area contributed by atoms with E-state index < -0.39 is 0 Å². The van der Waals surface area contributed by atoms with Crippen LogP contribution in [0.15, 0.2) is 71.6 Å². The second-order valence-electron chi connectivity index (χ2n) is 11.0. The molecule has 2 aromatic rings. The number of hydrogen-bond donors (Lipinski definition) is 1. The first-order valence-electron chi connectivity index (χ1n) is 12.9. The van der Waals surface area contributed by atoms with Crippen LogP contribution in [0.25, 0.3) is 12.2 Å². The predicted molar refractivity (Wildman–Crippen MR) is 136 cm³/mol. The molecule has 5 atom stereocenters. The van der Waals surface area contributed by atoms with Crippen LogP contribution in [0.3, 0.4) is 0 Å². The van der Waals surface area contributed by atoms with Gasteiger partial charge in [-0.05, 0) is 102 Å². The van der Waals surface area contributed by atoms with Gasteiger partial charge in [0.15, 0.2) is 5.78 Å². The average molecular weight is 452 g/mol. The lowest BCUT2D eigenvalue weighted by molar-refractivity contribution is -0.114. The summed E-state index contributed by atoms with van der Waals surface area (Å²) >= 11 is 0. The number of nitrogens with zero attached hydrogens (tertiary/aromatic N) is 1. The summed E-state index contributed by atoms with van der Waals surface area (Å²) in [6.45, 7) is 2.34. The van der Waals surface area contributed by atoms with Crippen molar-refractivity contribution in [3.63, 3.8) is 0 Å². The molecular formula is C31H33NO2. The smallest absolute Gasteiger partial charge is 0.156 e. The van der Waals surface area contributed by atoms with Crippen LogP contribution in [-0.2, 0) is 4.79 Å². The Morgan fingerprint density at radius 1 is 1.00 bits per heavy atom. The first kappa shape index (κ1) is 21.7. The highest BCUT2D eigenvalue weighted by molar-refractivity contribution is 5.93. The van der Waals surface area contributed by atoms with E-state index in [1.54, 1.807) is 5.57 Å². The van der Waals surface area contributed by atoms with Crippen LogP contribution in [-0.4, -0.2) is 22.0 Å². The molecule has 0 spiro atoms. The summed E-state index contributed by atoms with van der Waals surface area (Å²) < 4.78 is 0. The third kappa shape index (κ3) is 3.62. The lowest BCUT2D eigenvalue weighted by Crippen LogP contribution is -2.45. The van der Waals surface area contributed by atoms with E-state index in [0.717, 1.165) is 44.1 Å². The summed E-state index contributed by atoms with van der Waals surface area (Å²) in [5.74, 6) is 1.67. The molecule has 174 valence electrons. The monoisotopic (exact) mass is 451 g/mol. The average Bonchev–Trinajstić information content (AvgIpc) is 3.16. The standard InChI is InChI=1S/C31H33NO2/c1-31-19-27(22-4-2-3-21(17-22)6-5-20-13-15-32-16-14-20)30-25-10-8-24(33)18-23(25)7-9-26(30)28(31)11-12-29(31)34/h2-6,13-18,26-29,34H,7-12,19H2,1H3/b6-5+. The molecule has 5 unspecified atom stereocenters. The minimum absolute atomic E-state index is 0.0338. The maximum atomic E-state index is 12.2. The van der Waals surface area contributed by atoms with Crippen molar-refractivity contribution < 1.29 is 9.90 Å². The van der Waals surface area contributed by atoms with Gasteiger partial charge in [0.05, 0.1) is 6.10 Å². The Kier molecular flexibility index (Phi) is 5.41. The zero-order chi connectivity index (χ0) is 23.3. The molecule has 4 aliphatic carbocycles. The number of carbonyl (C=O) groups excluding carboxylic acids is 1. The quantitative estimate of drug-likeness (QED) is 0.578. The number of rotatable bonds is 3. The normalized spacial score (nSPS) is 32.9. The van der Waals surface area contributed by atoms with Crippen molar-refractivity contribution >= 4 is 17.9 Å². The van der Waals surface area contributed by atoms with Gasteiger partial charge in [0.1, 0.15) is 0 Å². The Balaban J connectivity index is 1.43. The van der Waals surface area contributed by atoms with Crippen molar-refractivity contribution in [3.8, 4) is 0 Å². The summed E-state index contributed by atoms with van der Waals surface area (Å²) in [6.07, 6.45) is 16.4. The number of aromatic nitrogens is 1. The first-order chi connectivity index (χ1) is 16.5. The highest BCUT2D eigenvalue weighted by atomic mass is 16.3. The Hall–Kier alpha value is -2.78. The van der Waals surface area contributed by atoms with Gasteiger partial charge >= 0.3 is 0 Å². The number of hydrogen-bond acceptors (Lipinski definition) is 3. The van der Waals surface area contributed by atoms with Crippen LogP contribution >= 0.6 is 0 Å². The highest BCUT2D eigenvalue weighted by Crippen LogP contribution is 2.63. The number of aliphatic hydroxyl groups is 1. The molecular weight excluding hydrogens is 418 g/mol. The minimum Gasteiger partial charge on any atom is -0.393 e. The number of carbonyl (C=O) groups is 1. The van der Waals surface area contributed by atoms with Gasteiger partial charge in [0, 0.05) is 24.7 Å². The molecule has 0 radical (unpaired) electrons. The number of pyridine rings is 1. The fraction of sp³-hybridized carbons (Fsp3) is 0.419. The molecule has 6 rings (SSSR count). The second-order valence-corrected chi connectivity index (χ2v) is 11.0. The van der Waals surface area contributed by atoms with Crippen molar-refractivity contribution in [3.05, 3.63) is 88.3 Å². The summed E-state index contributed by atoms with van der Waals surface area (Å²) in [5, 5.41) is 11.1. The molecule has 2 saturated carbocycles. The van der Waals surface area contributed by atoms with Crippen LogP contribution in [0.4, 0.5) is 0 Å². The number of benzene rings is 1. The molecule has 34 heavy (non-hydrogen) atoms. The van der Waals surface area contributed by atoms with Gasteiger partial charge in [-0.1, -0.05) is 48.9 Å². The van der Waals surface area contributed by atoms with Gasteiger partial charge in [0.2, 0.25) is 0 Å². The van der Waals surface area contributed by atoms with Crippen LogP contribution in [0, 0.1) is 17.3 Å². The molecule has 1 N–H and O–H groups in total. The lowest BCUT2D eigenvalue weighted by atomic mass is 9.53. The van der Waals surface area contributed by atoms with Gasteiger partial charge in [-0.15, -0.1) is 0 Å². The molecule has 1 aromatic carbocycles. The zero-order valence-corrected chi connectivity index (χ0v) is 19.9. The van der Waals surface area contributed by atoms with Gasteiger partial charge in [0.25, 0.3) is 0 Å². The van der Waals surface area contributed by atoms with Crippen LogP contribution < -0.4 is 0 Å².